The number of fused-ring (bicyclic) bond motifs is 1. The Morgan fingerprint density at radius 3 is 2.96 bits per heavy atom. The second-order valence-electron chi connectivity index (χ2n) is 6.95. The molecule has 1 atom stereocenters. The normalized spacial score (nSPS) is 17.7. The molecule has 1 aromatic heterocycles. The third kappa shape index (κ3) is 3.53. The molecule has 0 saturated carbocycles. The van der Waals surface area contributed by atoms with Crippen molar-refractivity contribution in [2.45, 2.75) is 19.3 Å². The molecule has 1 fully saturated rings. The lowest BCUT2D eigenvalue weighted by Gasteiger charge is -2.18. The summed E-state index contributed by atoms with van der Waals surface area (Å²) in [4.78, 5) is 10.9. The average Bonchev–Trinajstić information content (AvgIpc) is 3.10. The molecule has 26 heavy (non-hydrogen) atoms. The molecule has 5 heteroatoms. The van der Waals surface area contributed by atoms with Gasteiger partial charge in [-0.1, -0.05) is 24.3 Å². The number of nitrogens with zero attached hydrogens (tertiary/aromatic N) is 3. The lowest BCUT2D eigenvalue weighted by Crippen LogP contribution is -2.27. The van der Waals surface area contributed by atoms with Crippen molar-refractivity contribution in [2.24, 2.45) is 0 Å². The maximum absolute atomic E-state index is 13.3. The van der Waals surface area contributed by atoms with Crippen LogP contribution in [0.3, 0.4) is 0 Å². The fourth-order valence-electron chi connectivity index (χ4n) is 3.84. The highest BCUT2D eigenvalue weighted by Gasteiger charge is 2.24. The van der Waals surface area contributed by atoms with E-state index in [9.17, 15) is 4.39 Å². The predicted octanol–water partition coefficient (Wildman–Crippen LogP) is 3.98. The Morgan fingerprint density at radius 2 is 2.08 bits per heavy atom. The van der Waals surface area contributed by atoms with E-state index in [1.807, 2.05) is 0 Å². The summed E-state index contributed by atoms with van der Waals surface area (Å²) in [5.41, 5.74) is 3.49. The third-order valence-corrected chi connectivity index (χ3v) is 5.22. The van der Waals surface area contributed by atoms with E-state index in [0.717, 1.165) is 37.4 Å². The van der Waals surface area contributed by atoms with Crippen LogP contribution in [0.25, 0.3) is 10.9 Å². The van der Waals surface area contributed by atoms with E-state index in [0.29, 0.717) is 11.4 Å². The van der Waals surface area contributed by atoms with Gasteiger partial charge in [0.05, 0.1) is 5.52 Å². The molecule has 0 spiro atoms. The van der Waals surface area contributed by atoms with Gasteiger partial charge in [-0.25, -0.2) is 14.4 Å². The molecule has 1 aliphatic heterocycles. The van der Waals surface area contributed by atoms with Crippen molar-refractivity contribution in [1.29, 1.82) is 0 Å². The quantitative estimate of drug-likeness (QED) is 0.756. The first-order valence-corrected chi connectivity index (χ1v) is 9.13. The number of likely N-dealkylation sites (tertiary alicyclic amines) is 1. The van der Waals surface area contributed by atoms with E-state index in [4.69, 9.17) is 0 Å². The molecule has 0 radical (unpaired) electrons. The lowest BCUT2D eigenvalue weighted by molar-refractivity contribution is 0.347. The third-order valence-electron chi connectivity index (χ3n) is 5.22. The monoisotopic (exact) mass is 350 g/mol. The first kappa shape index (κ1) is 16.9. The van der Waals surface area contributed by atoms with Crippen LogP contribution in [0, 0.1) is 12.7 Å². The minimum absolute atomic E-state index is 0.276. The second-order valence-corrected chi connectivity index (χ2v) is 6.95. The zero-order valence-corrected chi connectivity index (χ0v) is 15.0. The number of nitrogens with one attached hydrogen (secondary N) is 1. The van der Waals surface area contributed by atoms with Crippen LogP contribution >= 0.6 is 0 Å². The van der Waals surface area contributed by atoms with E-state index in [-0.39, 0.29) is 5.82 Å². The maximum Gasteiger partial charge on any atom is 0.137 e. The molecule has 2 aromatic carbocycles. The molecule has 134 valence electrons. The van der Waals surface area contributed by atoms with Gasteiger partial charge >= 0.3 is 0 Å². The van der Waals surface area contributed by atoms with Gasteiger partial charge in [-0.2, -0.15) is 0 Å². The number of benzene rings is 2. The summed E-state index contributed by atoms with van der Waals surface area (Å²) in [6, 6.07) is 13.3. The van der Waals surface area contributed by atoms with Crippen LogP contribution < -0.4 is 5.32 Å². The zero-order valence-electron chi connectivity index (χ0n) is 15.0. The standard InChI is InChI=1S/C21H23FN4/c1-15-4-2-3-5-18(15)16-8-10-26(13-16)11-9-23-21-19-7-6-17(22)12-20(19)24-14-25-21/h2-7,12,14,16H,8-11,13H2,1H3,(H,23,24,25). The van der Waals surface area contributed by atoms with Gasteiger partial charge in [0.25, 0.3) is 0 Å². The Morgan fingerprint density at radius 1 is 1.19 bits per heavy atom. The molecule has 4 nitrogen and oxygen atoms in total. The van der Waals surface area contributed by atoms with E-state index >= 15 is 0 Å². The second kappa shape index (κ2) is 7.38. The topological polar surface area (TPSA) is 41.0 Å². The number of hydrogen-bond donors (Lipinski definition) is 1. The van der Waals surface area contributed by atoms with Gasteiger partial charge in [0, 0.05) is 31.1 Å². The number of halogens is 1. The molecular formula is C21H23FN4. The van der Waals surface area contributed by atoms with Crippen molar-refractivity contribution >= 4 is 16.7 Å². The largest absolute Gasteiger partial charge is 0.368 e. The molecule has 1 N–H and O–H groups in total. The van der Waals surface area contributed by atoms with Crippen LogP contribution in [0.5, 0.6) is 0 Å². The smallest absolute Gasteiger partial charge is 0.137 e. The Labute approximate surface area is 153 Å². The van der Waals surface area contributed by atoms with Gasteiger partial charge in [0.2, 0.25) is 0 Å². The van der Waals surface area contributed by atoms with E-state index in [2.05, 4.69) is 51.4 Å². The van der Waals surface area contributed by atoms with Crippen molar-refractivity contribution in [1.82, 2.24) is 14.9 Å². The van der Waals surface area contributed by atoms with Crippen molar-refractivity contribution in [3.8, 4) is 0 Å². The molecule has 3 aromatic rings. The zero-order chi connectivity index (χ0) is 17.9. The summed E-state index contributed by atoms with van der Waals surface area (Å²) >= 11 is 0. The Kier molecular flexibility index (Phi) is 4.80. The van der Waals surface area contributed by atoms with Gasteiger partial charge in [-0.05, 0) is 49.1 Å². The van der Waals surface area contributed by atoms with Gasteiger partial charge in [0.1, 0.15) is 18.0 Å². The number of rotatable bonds is 5. The van der Waals surface area contributed by atoms with E-state index in [1.165, 1.54) is 36.0 Å². The van der Waals surface area contributed by atoms with E-state index < -0.39 is 0 Å². The molecule has 0 amide bonds. The highest BCUT2D eigenvalue weighted by Crippen LogP contribution is 2.29. The summed E-state index contributed by atoms with van der Waals surface area (Å²) in [7, 11) is 0. The average molecular weight is 350 g/mol. The highest BCUT2D eigenvalue weighted by atomic mass is 19.1. The van der Waals surface area contributed by atoms with Crippen LogP contribution in [0.15, 0.2) is 48.8 Å². The van der Waals surface area contributed by atoms with Crippen LogP contribution in [-0.4, -0.2) is 41.0 Å². The predicted molar refractivity (Wildman–Crippen MR) is 103 cm³/mol. The number of hydrogen-bond acceptors (Lipinski definition) is 4. The van der Waals surface area contributed by atoms with Crippen molar-refractivity contribution < 1.29 is 4.39 Å². The van der Waals surface area contributed by atoms with Gasteiger partial charge in [-0.15, -0.1) is 0 Å². The van der Waals surface area contributed by atoms with Crippen LogP contribution in [0.2, 0.25) is 0 Å². The Balaban J connectivity index is 1.35. The Hall–Kier alpha value is -2.53. The minimum atomic E-state index is -0.276. The first-order chi connectivity index (χ1) is 12.7. The fourth-order valence-corrected chi connectivity index (χ4v) is 3.84. The van der Waals surface area contributed by atoms with Gasteiger partial charge in [0.15, 0.2) is 0 Å². The molecule has 1 saturated heterocycles. The number of aryl methyl sites for hydroxylation is 1. The van der Waals surface area contributed by atoms with Crippen molar-refractivity contribution in [2.75, 3.05) is 31.5 Å². The molecule has 0 bridgehead atoms. The summed E-state index contributed by atoms with van der Waals surface area (Å²) in [6.45, 7) is 6.19. The fraction of sp³-hybridized carbons (Fsp3) is 0.333. The molecule has 4 rings (SSSR count). The van der Waals surface area contributed by atoms with Crippen molar-refractivity contribution in [3.05, 3.63) is 65.7 Å². The number of anilines is 1. The maximum atomic E-state index is 13.3. The SMILES string of the molecule is Cc1ccccc1C1CCN(CCNc2ncnc3cc(F)ccc23)C1. The Bertz CT molecular complexity index is 911. The summed E-state index contributed by atoms with van der Waals surface area (Å²) < 4.78 is 13.3. The van der Waals surface area contributed by atoms with Crippen LogP contribution in [-0.2, 0) is 0 Å². The van der Waals surface area contributed by atoms with Crippen LogP contribution in [0.4, 0.5) is 10.2 Å². The first-order valence-electron chi connectivity index (χ1n) is 9.13. The lowest BCUT2D eigenvalue weighted by atomic mass is 9.94. The highest BCUT2D eigenvalue weighted by molar-refractivity contribution is 5.88. The molecular weight excluding hydrogens is 327 g/mol. The van der Waals surface area contributed by atoms with Crippen LogP contribution in [0.1, 0.15) is 23.5 Å². The minimum Gasteiger partial charge on any atom is -0.368 e. The van der Waals surface area contributed by atoms with E-state index in [1.54, 1.807) is 6.07 Å². The summed E-state index contributed by atoms with van der Waals surface area (Å²) in [6.07, 6.45) is 2.69. The summed E-state index contributed by atoms with van der Waals surface area (Å²) in [5.74, 6) is 1.12. The molecule has 1 unspecified atom stereocenters. The van der Waals surface area contributed by atoms with Crippen molar-refractivity contribution in [3.63, 3.8) is 0 Å². The van der Waals surface area contributed by atoms with Gasteiger partial charge in [-0.3, -0.25) is 0 Å². The molecule has 1 aliphatic rings. The molecule has 2 heterocycles. The van der Waals surface area contributed by atoms with Gasteiger partial charge < -0.3 is 10.2 Å². The molecule has 0 aliphatic carbocycles. The number of aromatic nitrogens is 2. The summed E-state index contributed by atoms with van der Waals surface area (Å²) in [5, 5.41) is 4.24.